The molecule has 3 amide bonds. The van der Waals surface area contributed by atoms with E-state index in [1.165, 1.54) is 0 Å². The van der Waals surface area contributed by atoms with Gasteiger partial charge in [-0.05, 0) is 36.1 Å². The Bertz CT molecular complexity index is 492. The number of amides is 3. The van der Waals surface area contributed by atoms with Gasteiger partial charge in [0.1, 0.15) is 0 Å². The molecule has 1 rings (SSSR count). The van der Waals surface area contributed by atoms with Crippen molar-refractivity contribution in [2.45, 2.75) is 33.2 Å². The van der Waals surface area contributed by atoms with Crippen LogP contribution in [-0.2, 0) is 0 Å². The number of benzene rings is 1. The summed E-state index contributed by atoms with van der Waals surface area (Å²) in [5.41, 5.74) is 5.88. The summed E-state index contributed by atoms with van der Waals surface area (Å²) in [7, 11) is 0. The maximum atomic E-state index is 12.2. The van der Waals surface area contributed by atoms with Crippen LogP contribution in [-0.4, -0.2) is 29.7 Å². The molecular formula is C15H23N3O3. The van der Waals surface area contributed by atoms with Crippen molar-refractivity contribution in [1.29, 1.82) is 0 Å². The van der Waals surface area contributed by atoms with Crippen LogP contribution in [0.3, 0.4) is 0 Å². The average Bonchev–Trinajstić information content (AvgIpc) is 2.37. The number of nitrogens with two attached hydrogens (primary N) is 1. The van der Waals surface area contributed by atoms with Gasteiger partial charge in [0.15, 0.2) is 0 Å². The molecule has 0 saturated carbocycles. The van der Waals surface area contributed by atoms with Gasteiger partial charge in [-0.25, -0.2) is 4.79 Å². The second-order valence-corrected chi connectivity index (χ2v) is 5.97. The Balaban J connectivity index is 2.76. The molecule has 0 aliphatic heterocycles. The molecule has 0 aromatic heterocycles. The van der Waals surface area contributed by atoms with Crippen LogP contribution >= 0.6 is 0 Å². The number of hydrogen-bond donors (Lipinski definition) is 4. The Morgan fingerprint density at radius 1 is 1.24 bits per heavy atom. The monoisotopic (exact) mass is 293 g/mol. The Morgan fingerprint density at radius 3 is 2.24 bits per heavy atom. The third-order valence-corrected chi connectivity index (χ3v) is 3.18. The zero-order valence-corrected chi connectivity index (χ0v) is 12.6. The lowest BCUT2D eigenvalue weighted by Gasteiger charge is -2.31. The van der Waals surface area contributed by atoms with E-state index in [1.807, 2.05) is 20.8 Å². The average molecular weight is 293 g/mol. The van der Waals surface area contributed by atoms with E-state index in [9.17, 15) is 9.59 Å². The fraction of sp³-hybridized carbons (Fsp3) is 0.467. The molecule has 5 N–H and O–H groups in total. The van der Waals surface area contributed by atoms with Gasteiger partial charge in [0.25, 0.3) is 5.91 Å². The van der Waals surface area contributed by atoms with Gasteiger partial charge in [-0.2, -0.15) is 0 Å². The van der Waals surface area contributed by atoms with Crippen LogP contribution in [0.4, 0.5) is 10.5 Å². The van der Waals surface area contributed by atoms with E-state index >= 15 is 0 Å². The van der Waals surface area contributed by atoms with E-state index in [0.717, 1.165) is 0 Å². The van der Waals surface area contributed by atoms with Crippen LogP contribution in [0.1, 0.15) is 37.6 Å². The van der Waals surface area contributed by atoms with Crippen LogP contribution in [0.5, 0.6) is 0 Å². The zero-order valence-electron chi connectivity index (χ0n) is 12.6. The van der Waals surface area contributed by atoms with E-state index in [0.29, 0.717) is 17.7 Å². The minimum Gasteiger partial charge on any atom is -0.396 e. The van der Waals surface area contributed by atoms with Crippen molar-refractivity contribution in [2.75, 3.05) is 11.9 Å². The van der Waals surface area contributed by atoms with Crippen LogP contribution in [0.15, 0.2) is 24.3 Å². The van der Waals surface area contributed by atoms with E-state index in [1.54, 1.807) is 24.3 Å². The molecule has 0 spiro atoms. The largest absolute Gasteiger partial charge is 0.396 e. The van der Waals surface area contributed by atoms with Gasteiger partial charge in [0.05, 0.1) is 0 Å². The standard InChI is InChI=1S/C15H23N3O3/c1-15(2,3)12(8-9-19)18-13(20)10-4-6-11(7-5-10)17-14(16)21/h4-7,12,19H,8-9H2,1-3H3,(H,18,20)(H3,16,17,21). The van der Waals surface area contributed by atoms with Crippen LogP contribution < -0.4 is 16.4 Å². The number of aliphatic hydroxyl groups is 1. The van der Waals surface area contributed by atoms with E-state index in [2.05, 4.69) is 10.6 Å². The molecule has 21 heavy (non-hydrogen) atoms. The van der Waals surface area contributed by atoms with Gasteiger partial charge in [-0.15, -0.1) is 0 Å². The lowest BCUT2D eigenvalue weighted by molar-refractivity contribution is 0.0885. The summed E-state index contributed by atoms with van der Waals surface area (Å²) in [5, 5.41) is 14.5. The summed E-state index contributed by atoms with van der Waals surface area (Å²) < 4.78 is 0. The van der Waals surface area contributed by atoms with Gasteiger partial charge in [0.2, 0.25) is 0 Å². The van der Waals surface area contributed by atoms with Crippen molar-refractivity contribution in [3.05, 3.63) is 29.8 Å². The third kappa shape index (κ3) is 5.43. The molecule has 6 nitrogen and oxygen atoms in total. The predicted molar refractivity (Wildman–Crippen MR) is 82.1 cm³/mol. The molecule has 0 bridgehead atoms. The van der Waals surface area contributed by atoms with Crippen molar-refractivity contribution in [3.63, 3.8) is 0 Å². The molecule has 0 radical (unpaired) electrons. The summed E-state index contributed by atoms with van der Waals surface area (Å²) in [6, 6.07) is 5.66. The Morgan fingerprint density at radius 2 is 1.81 bits per heavy atom. The van der Waals surface area contributed by atoms with Crippen molar-refractivity contribution in [2.24, 2.45) is 11.1 Å². The highest BCUT2D eigenvalue weighted by atomic mass is 16.3. The highest BCUT2D eigenvalue weighted by Gasteiger charge is 2.25. The fourth-order valence-corrected chi connectivity index (χ4v) is 1.94. The second-order valence-electron chi connectivity index (χ2n) is 5.97. The van der Waals surface area contributed by atoms with Gasteiger partial charge < -0.3 is 21.5 Å². The molecular weight excluding hydrogens is 270 g/mol. The van der Waals surface area contributed by atoms with E-state index in [-0.39, 0.29) is 24.0 Å². The van der Waals surface area contributed by atoms with Crippen LogP contribution in [0.2, 0.25) is 0 Å². The number of hydrogen-bond acceptors (Lipinski definition) is 3. The first-order valence-electron chi connectivity index (χ1n) is 6.82. The first kappa shape index (κ1) is 17.0. The van der Waals surface area contributed by atoms with Gasteiger partial charge in [0, 0.05) is 23.9 Å². The maximum absolute atomic E-state index is 12.2. The fourth-order valence-electron chi connectivity index (χ4n) is 1.94. The number of nitrogens with one attached hydrogen (secondary N) is 2. The van der Waals surface area contributed by atoms with Gasteiger partial charge >= 0.3 is 6.03 Å². The topological polar surface area (TPSA) is 104 Å². The van der Waals surface area contributed by atoms with Crippen LogP contribution in [0, 0.1) is 5.41 Å². The van der Waals surface area contributed by atoms with E-state index < -0.39 is 6.03 Å². The highest BCUT2D eigenvalue weighted by molar-refractivity contribution is 5.95. The summed E-state index contributed by atoms with van der Waals surface area (Å²) in [6.45, 7) is 6.04. The first-order chi connectivity index (χ1) is 9.74. The molecule has 1 unspecified atom stereocenters. The van der Waals surface area contributed by atoms with E-state index in [4.69, 9.17) is 10.8 Å². The molecule has 0 fully saturated rings. The van der Waals surface area contributed by atoms with Crippen LogP contribution in [0.25, 0.3) is 0 Å². The minimum absolute atomic E-state index is 0.0175. The summed E-state index contributed by atoms with van der Waals surface area (Å²) >= 11 is 0. The molecule has 1 atom stereocenters. The summed E-state index contributed by atoms with van der Waals surface area (Å²) in [5.74, 6) is -0.214. The summed E-state index contributed by atoms with van der Waals surface area (Å²) in [6.07, 6.45) is 0.497. The number of carbonyl (C=O) groups is 2. The Hall–Kier alpha value is -2.08. The minimum atomic E-state index is -0.650. The van der Waals surface area contributed by atoms with Crippen molar-refractivity contribution in [3.8, 4) is 0 Å². The van der Waals surface area contributed by atoms with Gasteiger partial charge in [-0.1, -0.05) is 20.8 Å². The second kappa shape index (κ2) is 7.08. The Kier molecular flexibility index (Phi) is 5.72. The highest BCUT2D eigenvalue weighted by Crippen LogP contribution is 2.22. The normalized spacial score (nSPS) is 12.6. The number of anilines is 1. The van der Waals surface area contributed by atoms with Crippen molar-refractivity contribution < 1.29 is 14.7 Å². The SMILES string of the molecule is CC(C)(C)C(CCO)NC(=O)c1ccc(NC(N)=O)cc1. The number of primary amides is 1. The summed E-state index contributed by atoms with van der Waals surface area (Å²) in [4.78, 5) is 22.9. The van der Waals surface area contributed by atoms with Gasteiger partial charge in [-0.3, -0.25) is 4.79 Å². The maximum Gasteiger partial charge on any atom is 0.316 e. The number of aliphatic hydroxyl groups excluding tert-OH is 1. The molecule has 1 aromatic carbocycles. The molecule has 0 aliphatic carbocycles. The quantitative estimate of drug-likeness (QED) is 0.664. The zero-order chi connectivity index (χ0) is 16.0. The third-order valence-electron chi connectivity index (χ3n) is 3.18. The number of rotatable bonds is 5. The lowest BCUT2D eigenvalue weighted by atomic mass is 9.85. The number of urea groups is 1. The Labute approximate surface area is 124 Å². The smallest absolute Gasteiger partial charge is 0.316 e. The molecule has 116 valence electrons. The molecule has 0 heterocycles. The van der Waals surface area contributed by atoms with Crippen molar-refractivity contribution in [1.82, 2.24) is 5.32 Å². The molecule has 0 aliphatic rings. The molecule has 0 saturated heterocycles. The first-order valence-corrected chi connectivity index (χ1v) is 6.82. The lowest BCUT2D eigenvalue weighted by Crippen LogP contribution is -2.44. The molecule has 1 aromatic rings. The molecule has 6 heteroatoms. The predicted octanol–water partition coefficient (Wildman–Crippen LogP) is 1.70. The number of carbonyl (C=O) groups excluding carboxylic acids is 2. The van der Waals surface area contributed by atoms with Crippen molar-refractivity contribution >= 4 is 17.6 Å².